The van der Waals surface area contributed by atoms with Crippen LogP contribution in [0.4, 0.5) is 0 Å². The number of benzene rings is 1. The lowest BCUT2D eigenvalue weighted by atomic mass is 9.89. The molecule has 1 aromatic carbocycles. The van der Waals surface area contributed by atoms with Crippen LogP contribution >= 0.6 is 0 Å². The third kappa shape index (κ3) is 3.68. The Morgan fingerprint density at radius 1 is 1.19 bits per heavy atom. The fourth-order valence-electron chi connectivity index (χ4n) is 3.75. The first-order valence-corrected chi connectivity index (χ1v) is 9.82. The van der Waals surface area contributed by atoms with E-state index in [2.05, 4.69) is 9.97 Å². The van der Waals surface area contributed by atoms with Crippen molar-refractivity contribution in [3.05, 3.63) is 80.0 Å². The van der Waals surface area contributed by atoms with Crippen LogP contribution in [-0.2, 0) is 9.53 Å². The fraction of sp³-hybridized carbons (Fsp3) is 0.217. The van der Waals surface area contributed by atoms with Crippen molar-refractivity contribution in [3.8, 4) is 11.6 Å². The number of aromatic nitrogens is 3. The van der Waals surface area contributed by atoms with Gasteiger partial charge in [-0.1, -0.05) is 0 Å². The number of ether oxygens (including phenoxy) is 2. The molecular weight excluding hydrogens is 414 g/mol. The van der Waals surface area contributed by atoms with E-state index in [0.717, 1.165) is 5.56 Å². The van der Waals surface area contributed by atoms with Crippen molar-refractivity contribution in [1.29, 1.82) is 0 Å². The summed E-state index contributed by atoms with van der Waals surface area (Å²) >= 11 is 0. The van der Waals surface area contributed by atoms with Gasteiger partial charge in [0.2, 0.25) is 5.88 Å². The molecule has 0 aliphatic rings. The first-order chi connectivity index (χ1) is 15.3. The maximum absolute atomic E-state index is 13.3. The molecule has 164 valence electrons. The van der Waals surface area contributed by atoms with Crippen LogP contribution in [0, 0.1) is 6.92 Å². The minimum absolute atomic E-state index is 0.123. The Morgan fingerprint density at radius 2 is 1.97 bits per heavy atom. The zero-order chi connectivity index (χ0) is 23.0. The number of esters is 1. The van der Waals surface area contributed by atoms with Crippen molar-refractivity contribution in [2.45, 2.75) is 19.3 Å². The Bertz CT molecular complexity index is 1470. The molecule has 9 nitrogen and oxygen atoms in total. The molecule has 0 aliphatic carbocycles. The number of aryl methyl sites for hydroxylation is 1. The second-order valence-electron chi connectivity index (χ2n) is 7.43. The van der Waals surface area contributed by atoms with Crippen LogP contribution in [0.3, 0.4) is 0 Å². The number of nitrogens with zero attached hydrogens (tertiary/aromatic N) is 2. The molecule has 32 heavy (non-hydrogen) atoms. The lowest BCUT2D eigenvalue weighted by Crippen LogP contribution is -2.27. The van der Waals surface area contributed by atoms with Gasteiger partial charge in [-0.05, 0) is 48.9 Å². The van der Waals surface area contributed by atoms with Gasteiger partial charge in [-0.15, -0.1) is 0 Å². The molecule has 0 bridgehead atoms. The lowest BCUT2D eigenvalue weighted by Gasteiger charge is -2.17. The molecule has 4 rings (SSSR count). The zero-order valence-electron chi connectivity index (χ0n) is 17.7. The predicted octanol–water partition coefficient (Wildman–Crippen LogP) is 2.25. The molecule has 3 heterocycles. The quantitative estimate of drug-likeness (QED) is 0.461. The van der Waals surface area contributed by atoms with Crippen LogP contribution in [0.1, 0.15) is 29.0 Å². The number of hydrogen-bond donors (Lipinski definition) is 2. The topological polar surface area (TPSA) is 123 Å². The van der Waals surface area contributed by atoms with Gasteiger partial charge in [0.05, 0.1) is 26.2 Å². The Labute approximate surface area is 181 Å². The van der Waals surface area contributed by atoms with Crippen molar-refractivity contribution in [2.24, 2.45) is 0 Å². The van der Waals surface area contributed by atoms with Gasteiger partial charge in [0.15, 0.2) is 0 Å². The maximum Gasteiger partial charge on any atom is 0.306 e. The van der Waals surface area contributed by atoms with Gasteiger partial charge in [0.1, 0.15) is 11.4 Å². The molecule has 2 N–H and O–H groups in total. The van der Waals surface area contributed by atoms with Crippen molar-refractivity contribution in [1.82, 2.24) is 14.4 Å². The molecule has 0 saturated heterocycles. The second kappa shape index (κ2) is 8.18. The summed E-state index contributed by atoms with van der Waals surface area (Å²) in [5.74, 6) is -1.70. The highest BCUT2D eigenvalue weighted by Gasteiger charge is 2.29. The first-order valence-electron chi connectivity index (χ1n) is 9.82. The van der Waals surface area contributed by atoms with Crippen molar-refractivity contribution >= 4 is 22.5 Å². The summed E-state index contributed by atoms with van der Waals surface area (Å²) in [4.78, 5) is 45.4. The number of aromatic amines is 1. The van der Waals surface area contributed by atoms with E-state index in [4.69, 9.17) is 9.47 Å². The van der Waals surface area contributed by atoms with Gasteiger partial charge in [-0.2, -0.15) is 4.98 Å². The van der Waals surface area contributed by atoms with Crippen LogP contribution < -0.4 is 15.9 Å². The smallest absolute Gasteiger partial charge is 0.306 e. The number of H-pyrrole nitrogens is 1. The monoisotopic (exact) mass is 435 g/mol. The molecule has 0 aliphatic heterocycles. The van der Waals surface area contributed by atoms with Crippen LogP contribution in [0.15, 0.2) is 52.2 Å². The number of carbonyl (C=O) groups is 1. The van der Waals surface area contributed by atoms with Crippen molar-refractivity contribution in [3.63, 3.8) is 0 Å². The predicted molar refractivity (Wildman–Crippen MR) is 117 cm³/mol. The standard InChI is InChI=1S/C23H21N3O6/c1-12-6-7-26-18(8-12)25-22(29)20(23(26)30)15(11-19(27)32-3)16-10-13-9-14(31-2)4-5-17(13)24-21(16)28/h4-10,15,29H,11H2,1-3H3,(H,24,28). The fourth-order valence-corrected chi connectivity index (χ4v) is 3.75. The van der Waals surface area contributed by atoms with Gasteiger partial charge in [-0.25, -0.2) is 0 Å². The molecular formula is C23H21N3O6. The third-order valence-corrected chi connectivity index (χ3v) is 5.40. The largest absolute Gasteiger partial charge is 0.497 e. The highest BCUT2D eigenvalue weighted by Crippen LogP contribution is 2.31. The molecule has 0 spiro atoms. The average Bonchev–Trinajstić information content (AvgIpc) is 2.77. The summed E-state index contributed by atoms with van der Waals surface area (Å²) in [6.07, 6.45) is 1.20. The number of hydrogen-bond acceptors (Lipinski definition) is 7. The number of rotatable bonds is 5. The number of fused-ring (bicyclic) bond motifs is 2. The van der Waals surface area contributed by atoms with E-state index < -0.39 is 28.9 Å². The third-order valence-electron chi connectivity index (χ3n) is 5.40. The number of carbonyl (C=O) groups excluding carboxylic acids is 1. The summed E-state index contributed by atoms with van der Waals surface area (Å²) in [5.41, 5.74) is 0.558. The lowest BCUT2D eigenvalue weighted by molar-refractivity contribution is -0.140. The molecule has 0 radical (unpaired) electrons. The summed E-state index contributed by atoms with van der Waals surface area (Å²) in [5, 5.41) is 11.3. The average molecular weight is 435 g/mol. The van der Waals surface area contributed by atoms with E-state index in [1.807, 2.05) is 6.92 Å². The molecule has 0 fully saturated rings. The molecule has 9 heteroatoms. The number of methoxy groups -OCH3 is 2. The van der Waals surface area contributed by atoms with E-state index >= 15 is 0 Å². The number of pyridine rings is 2. The van der Waals surface area contributed by atoms with Crippen LogP contribution in [0.25, 0.3) is 16.6 Å². The molecule has 0 amide bonds. The van der Waals surface area contributed by atoms with E-state index in [1.54, 1.807) is 36.4 Å². The van der Waals surface area contributed by atoms with Crippen LogP contribution in [-0.4, -0.2) is 39.7 Å². The van der Waals surface area contributed by atoms with E-state index in [-0.39, 0.29) is 23.2 Å². The summed E-state index contributed by atoms with van der Waals surface area (Å²) < 4.78 is 11.3. The van der Waals surface area contributed by atoms with Gasteiger partial charge >= 0.3 is 5.97 Å². The summed E-state index contributed by atoms with van der Waals surface area (Å²) in [6, 6.07) is 10.1. The minimum atomic E-state index is -1.08. The summed E-state index contributed by atoms with van der Waals surface area (Å²) in [7, 11) is 2.73. The van der Waals surface area contributed by atoms with Gasteiger partial charge in [0, 0.05) is 28.6 Å². The molecule has 4 aromatic rings. The van der Waals surface area contributed by atoms with E-state index in [1.165, 1.54) is 24.8 Å². The molecule has 1 unspecified atom stereocenters. The van der Waals surface area contributed by atoms with Gasteiger partial charge in [-0.3, -0.25) is 18.8 Å². The van der Waals surface area contributed by atoms with Crippen LogP contribution in [0.2, 0.25) is 0 Å². The Morgan fingerprint density at radius 3 is 2.69 bits per heavy atom. The van der Waals surface area contributed by atoms with E-state index in [0.29, 0.717) is 16.7 Å². The highest BCUT2D eigenvalue weighted by atomic mass is 16.5. The minimum Gasteiger partial charge on any atom is -0.497 e. The van der Waals surface area contributed by atoms with Crippen molar-refractivity contribution in [2.75, 3.05) is 14.2 Å². The molecule has 3 aromatic heterocycles. The Kier molecular flexibility index (Phi) is 5.40. The normalized spacial score (nSPS) is 12.1. The van der Waals surface area contributed by atoms with E-state index in [9.17, 15) is 19.5 Å². The highest BCUT2D eigenvalue weighted by molar-refractivity contribution is 5.81. The number of aromatic hydroxyl groups is 1. The second-order valence-corrected chi connectivity index (χ2v) is 7.43. The van der Waals surface area contributed by atoms with Gasteiger partial charge in [0.25, 0.3) is 11.1 Å². The van der Waals surface area contributed by atoms with Crippen molar-refractivity contribution < 1.29 is 19.4 Å². The number of nitrogens with one attached hydrogen (secondary N) is 1. The summed E-state index contributed by atoms with van der Waals surface area (Å²) in [6.45, 7) is 1.83. The maximum atomic E-state index is 13.3. The molecule has 0 saturated carbocycles. The van der Waals surface area contributed by atoms with Crippen LogP contribution in [0.5, 0.6) is 11.6 Å². The Balaban J connectivity index is 2.00. The SMILES string of the molecule is COC(=O)CC(c1cc2cc(OC)ccc2[nH]c1=O)c1c(O)nc2cc(C)ccn2c1=O. The Hall–Kier alpha value is -4.14. The van der Waals surface area contributed by atoms with Gasteiger partial charge < -0.3 is 19.6 Å². The molecule has 1 atom stereocenters. The zero-order valence-corrected chi connectivity index (χ0v) is 17.7. The first kappa shape index (κ1) is 21.1.